The average Bonchev–Trinajstić information content (AvgIpc) is 2.88. The van der Waals surface area contributed by atoms with Crippen LogP contribution in [-0.2, 0) is 11.3 Å². The average molecular weight is 366 g/mol. The Labute approximate surface area is 160 Å². The van der Waals surface area contributed by atoms with Crippen LogP contribution in [0, 0.1) is 6.92 Å². The molecule has 0 atom stereocenters. The fourth-order valence-corrected chi connectivity index (χ4v) is 3.37. The standard InChI is InChI=1S/C21H26N4O2/c1-16-20(5-3-10-22-16)21(27)25-12-4-11-24(13-14-25)15-18-6-8-19(9-7-18)23-17(2)26/h3,5-10H,4,11-15H2,1-2H3,(H,23,26). The third kappa shape index (κ3) is 5.14. The van der Waals surface area contributed by atoms with Crippen LogP contribution in [0.25, 0.3) is 0 Å². The molecule has 0 radical (unpaired) electrons. The molecule has 3 rings (SSSR count). The molecule has 0 bridgehead atoms. The number of hydrogen-bond donors (Lipinski definition) is 1. The van der Waals surface area contributed by atoms with Gasteiger partial charge in [0.05, 0.1) is 5.56 Å². The number of nitrogens with zero attached hydrogens (tertiary/aromatic N) is 3. The van der Waals surface area contributed by atoms with Gasteiger partial charge in [0.15, 0.2) is 0 Å². The van der Waals surface area contributed by atoms with Gasteiger partial charge in [-0.25, -0.2) is 0 Å². The Morgan fingerprint density at radius 3 is 2.56 bits per heavy atom. The first-order valence-corrected chi connectivity index (χ1v) is 9.33. The van der Waals surface area contributed by atoms with Crippen molar-refractivity contribution in [3.8, 4) is 0 Å². The predicted octanol–water partition coefficient (Wildman–Crippen LogP) is 2.70. The molecular formula is C21H26N4O2. The smallest absolute Gasteiger partial charge is 0.255 e. The van der Waals surface area contributed by atoms with Crippen molar-refractivity contribution in [3.63, 3.8) is 0 Å². The van der Waals surface area contributed by atoms with Crippen LogP contribution in [0.2, 0.25) is 0 Å². The maximum atomic E-state index is 12.8. The van der Waals surface area contributed by atoms with Crippen molar-refractivity contribution in [2.75, 3.05) is 31.5 Å². The van der Waals surface area contributed by atoms with Crippen LogP contribution in [0.3, 0.4) is 0 Å². The van der Waals surface area contributed by atoms with Gasteiger partial charge in [-0.05, 0) is 43.2 Å². The Bertz CT molecular complexity index is 804. The molecule has 2 amide bonds. The fourth-order valence-electron chi connectivity index (χ4n) is 3.37. The molecule has 6 heteroatoms. The third-order valence-electron chi connectivity index (χ3n) is 4.79. The number of rotatable bonds is 4. The number of carbonyl (C=O) groups is 2. The molecule has 0 spiro atoms. The van der Waals surface area contributed by atoms with Gasteiger partial charge in [0.1, 0.15) is 0 Å². The summed E-state index contributed by atoms with van der Waals surface area (Å²) >= 11 is 0. The normalized spacial score (nSPS) is 15.3. The molecule has 1 aromatic heterocycles. The van der Waals surface area contributed by atoms with Gasteiger partial charge in [0.25, 0.3) is 5.91 Å². The zero-order valence-electron chi connectivity index (χ0n) is 15.9. The molecule has 1 aromatic carbocycles. The molecule has 1 N–H and O–H groups in total. The topological polar surface area (TPSA) is 65.5 Å². The molecule has 1 aliphatic heterocycles. The molecule has 27 heavy (non-hydrogen) atoms. The summed E-state index contributed by atoms with van der Waals surface area (Å²) in [4.78, 5) is 32.4. The van der Waals surface area contributed by atoms with Crippen LogP contribution in [0.5, 0.6) is 0 Å². The molecule has 0 aliphatic carbocycles. The number of hydrogen-bond acceptors (Lipinski definition) is 4. The minimum absolute atomic E-state index is 0.0659. The minimum Gasteiger partial charge on any atom is -0.337 e. The van der Waals surface area contributed by atoms with Gasteiger partial charge in [-0.2, -0.15) is 0 Å². The SMILES string of the molecule is CC(=O)Nc1ccc(CN2CCCN(C(=O)c3cccnc3C)CC2)cc1. The zero-order valence-corrected chi connectivity index (χ0v) is 15.9. The molecule has 6 nitrogen and oxygen atoms in total. The Morgan fingerprint density at radius 1 is 1.07 bits per heavy atom. The number of aromatic nitrogens is 1. The molecular weight excluding hydrogens is 340 g/mol. The van der Waals surface area contributed by atoms with Gasteiger partial charge < -0.3 is 10.2 Å². The van der Waals surface area contributed by atoms with E-state index in [-0.39, 0.29) is 11.8 Å². The van der Waals surface area contributed by atoms with Crippen LogP contribution in [0.15, 0.2) is 42.6 Å². The van der Waals surface area contributed by atoms with E-state index in [1.54, 1.807) is 6.20 Å². The molecule has 0 unspecified atom stereocenters. The third-order valence-corrected chi connectivity index (χ3v) is 4.79. The second kappa shape index (κ2) is 8.77. The number of benzene rings is 1. The summed E-state index contributed by atoms with van der Waals surface area (Å²) in [5.74, 6) is 0.00555. The summed E-state index contributed by atoms with van der Waals surface area (Å²) in [5, 5.41) is 2.78. The predicted molar refractivity (Wildman–Crippen MR) is 106 cm³/mol. The fraction of sp³-hybridized carbons (Fsp3) is 0.381. The van der Waals surface area contributed by atoms with Crippen molar-refractivity contribution < 1.29 is 9.59 Å². The lowest BCUT2D eigenvalue weighted by molar-refractivity contribution is -0.114. The van der Waals surface area contributed by atoms with Gasteiger partial charge in [0.2, 0.25) is 5.91 Å². The number of anilines is 1. The van der Waals surface area contributed by atoms with Crippen LogP contribution < -0.4 is 5.32 Å². The van der Waals surface area contributed by atoms with Crippen molar-refractivity contribution >= 4 is 17.5 Å². The van der Waals surface area contributed by atoms with E-state index in [2.05, 4.69) is 15.2 Å². The van der Waals surface area contributed by atoms with E-state index in [9.17, 15) is 9.59 Å². The van der Waals surface area contributed by atoms with Crippen LogP contribution in [-0.4, -0.2) is 52.8 Å². The maximum absolute atomic E-state index is 12.8. The Morgan fingerprint density at radius 2 is 1.85 bits per heavy atom. The Kier molecular flexibility index (Phi) is 6.19. The first-order valence-electron chi connectivity index (χ1n) is 9.33. The summed E-state index contributed by atoms with van der Waals surface area (Å²) in [6, 6.07) is 11.6. The van der Waals surface area contributed by atoms with Gasteiger partial charge >= 0.3 is 0 Å². The maximum Gasteiger partial charge on any atom is 0.255 e. The summed E-state index contributed by atoms with van der Waals surface area (Å²) in [6.07, 6.45) is 2.67. The monoisotopic (exact) mass is 366 g/mol. The van der Waals surface area contributed by atoms with Crippen LogP contribution >= 0.6 is 0 Å². The van der Waals surface area contributed by atoms with Gasteiger partial charge in [0, 0.05) is 57.2 Å². The lowest BCUT2D eigenvalue weighted by Crippen LogP contribution is -2.35. The van der Waals surface area contributed by atoms with Crippen molar-refractivity contribution in [2.24, 2.45) is 0 Å². The molecule has 2 heterocycles. The van der Waals surface area contributed by atoms with E-state index in [4.69, 9.17) is 0 Å². The number of nitrogens with one attached hydrogen (secondary N) is 1. The highest BCUT2D eigenvalue weighted by Crippen LogP contribution is 2.15. The largest absolute Gasteiger partial charge is 0.337 e. The summed E-state index contributed by atoms with van der Waals surface area (Å²) < 4.78 is 0. The lowest BCUT2D eigenvalue weighted by atomic mass is 10.2. The van der Waals surface area contributed by atoms with E-state index >= 15 is 0 Å². The van der Waals surface area contributed by atoms with E-state index in [0.29, 0.717) is 5.56 Å². The van der Waals surface area contributed by atoms with E-state index in [1.165, 1.54) is 12.5 Å². The molecule has 1 saturated heterocycles. The highest BCUT2D eigenvalue weighted by molar-refractivity contribution is 5.95. The van der Waals surface area contributed by atoms with E-state index < -0.39 is 0 Å². The highest BCUT2D eigenvalue weighted by atomic mass is 16.2. The number of aryl methyl sites for hydroxylation is 1. The zero-order chi connectivity index (χ0) is 19.2. The second-order valence-electron chi connectivity index (χ2n) is 6.94. The summed E-state index contributed by atoms with van der Waals surface area (Å²) in [7, 11) is 0. The highest BCUT2D eigenvalue weighted by Gasteiger charge is 2.21. The van der Waals surface area contributed by atoms with E-state index in [1.807, 2.05) is 48.2 Å². The number of amides is 2. The Hall–Kier alpha value is -2.73. The van der Waals surface area contributed by atoms with Crippen molar-refractivity contribution in [3.05, 3.63) is 59.4 Å². The molecule has 1 aliphatic rings. The van der Waals surface area contributed by atoms with Crippen molar-refractivity contribution in [1.29, 1.82) is 0 Å². The first kappa shape index (κ1) is 19.0. The second-order valence-corrected chi connectivity index (χ2v) is 6.94. The number of pyridine rings is 1. The minimum atomic E-state index is -0.0659. The van der Waals surface area contributed by atoms with E-state index in [0.717, 1.165) is 50.5 Å². The molecule has 1 fully saturated rings. The molecule has 142 valence electrons. The lowest BCUT2D eigenvalue weighted by Gasteiger charge is -2.22. The quantitative estimate of drug-likeness (QED) is 0.904. The summed E-state index contributed by atoms with van der Waals surface area (Å²) in [5.41, 5.74) is 3.49. The molecule has 0 saturated carbocycles. The van der Waals surface area contributed by atoms with Gasteiger partial charge in [-0.1, -0.05) is 12.1 Å². The van der Waals surface area contributed by atoms with Crippen LogP contribution in [0.4, 0.5) is 5.69 Å². The van der Waals surface area contributed by atoms with Crippen LogP contribution in [0.1, 0.15) is 35.0 Å². The first-order chi connectivity index (χ1) is 13.0. The van der Waals surface area contributed by atoms with Gasteiger partial charge in [-0.15, -0.1) is 0 Å². The van der Waals surface area contributed by atoms with Crippen molar-refractivity contribution in [1.82, 2.24) is 14.8 Å². The molecule has 2 aromatic rings. The number of carbonyl (C=O) groups excluding carboxylic acids is 2. The van der Waals surface area contributed by atoms with Gasteiger partial charge in [-0.3, -0.25) is 19.5 Å². The Balaban J connectivity index is 1.57. The summed E-state index contributed by atoms with van der Waals surface area (Å²) in [6.45, 7) is 7.52. The van der Waals surface area contributed by atoms with Crippen molar-refractivity contribution in [2.45, 2.75) is 26.8 Å².